The van der Waals surface area contributed by atoms with E-state index >= 15 is 0 Å². The standard InChI is InChI=1S/C13H16N4O3S/c18-21(19,11-4-1-5-14-8-11)17-13-7-12(15-16-13)10-3-2-6-20-9-10/h1,4-5,7-8,10H,2-3,6,9H2,(H2,15,16,17). The van der Waals surface area contributed by atoms with Crippen LogP contribution in [0, 0.1) is 0 Å². The van der Waals surface area contributed by atoms with Crippen molar-refractivity contribution in [2.24, 2.45) is 0 Å². The van der Waals surface area contributed by atoms with Gasteiger partial charge in [-0.2, -0.15) is 5.10 Å². The van der Waals surface area contributed by atoms with Crippen LogP contribution in [0.2, 0.25) is 0 Å². The van der Waals surface area contributed by atoms with E-state index < -0.39 is 10.0 Å². The van der Waals surface area contributed by atoms with Crippen molar-refractivity contribution >= 4 is 15.8 Å². The first-order chi connectivity index (χ1) is 10.1. The molecular formula is C13H16N4O3S. The minimum atomic E-state index is -3.66. The highest BCUT2D eigenvalue weighted by Gasteiger charge is 2.20. The lowest BCUT2D eigenvalue weighted by Gasteiger charge is -2.20. The van der Waals surface area contributed by atoms with E-state index in [1.54, 1.807) is 12.1 Å². The Morgan fingerprint density at radius 2 is 2.33 bits per heavy atom. The predicted octanol–water partition coefficient (Wildman–Crippen LogP) is 1.50. The molecule has 1 atom stereocenters. The van der Waals surface area contributed by atoms with E-state index in [4.69, 9.17) is 4.74 Å². The Hall–Kier alpha value is -1.93. The van der Waals surface area contributed by atoms with Crippen LogP contribution in [-0.2, 0) is 14.8 Å². The van der Waals surface area contributed by atoms with Gasteiger partial charge in [0.05, 0.1) is 6.61 Å². The van der Waals surface area contributed by atoms with Gasteiger partial charge in [-0.25, -0.2) is 8.42 Å². The number of anilines is 1. The van der Waals surface area contributed by atoms with Crippen LogP contribution in [0.15, 0.2) is 35.5 Å². The van der Waals surface area contributed by atoms with Gasteiger partial charge in [0.1, 0.15) is 4.90 Å². The Morgan fingerprint density at radius 3 is 3.05 bits per heavy atom. The van der Waals surface area contributed by atoms with Gasteiger partial charge in [-0.1, -0.05) is 0 Å². The normalized spacial score (nSPS) is 19.3. The molecule has 1 aliphatic rings. The molecule has 0 radical (unpaired) electrons. The zero-order valence-electron chi connectivity index (χ0n) is 11.3. The maximum absolute atomic E-state index is 12.2. The summed E-state index contributed by atoms with van der Waals surface area (Å²) >= 11 is 0. The smallest absolute Gasteiger partial charge is 0.264 e. The average Bonchev–Trinajstić information content (AvgIpc) is 2.97. The first kappa shape index (κ1) is 14.0. The molecule has 0 saturated carbocycles. The van der Waals surface area contributed by atoms with Crippen LogP contribution in [0.25, 0.3) is 0 Å². The summed E-state index contributed by atoms with van der Waals surface area (Å²) in [5.41, 5.74) is 0.888. The van der Waals surface area contributed by atoms with Crippen LogP contribution in [-0.4, -0.2) is 36.8 Å². The molecule has 1 fully saturated rings. The minimum absolute atomic E-state index is 0.107. The van der Waals surface area contributed by atoms with Gasteiger partial charge in [-0.05, 0) is 25.0 Å². The van der Waals surface area contributed by atoms with Gasteiger partial charge >= 0.3 is 0 Å². The predicted molar refractivity (Wildman–Crippen MR) is 76.4 cm³/mol. The summed E-state index contributed by atoms with van der Waals surface area (Å²) in [6, 6.07) is 4.77. The third kappa shape index (κ3) is 3.22. The highest BCUT2D eigenvalue weighted by Crippen LogP contribution is 2.25. The van der Waals surface area contributed by atoms with Crippen LogP contribution in [0.4, 0.5) is 5.82 Å². The molecule has 1 aliphatic heterocycles. The third-order valence-corrected chi connectivity index (χ3v) is 4.72. The van der Waals surface area contributed by atoms with Crippen molar-refractivity contribution in [1.82, 2.24) is 15.2 Å². The molecule has 3 heterocycles. The van der Waals surface area contributed by atoms with Gasteiger partial charge < -0.3 is 4.74 Å². The molecule has 0 aliphatic carbocycles. The number of rotatable bonds is 4. The van der Waals surface area contributed by atoms with Crippen molar-refractivity contribution in [2.45, 2.75) is 23.7 Å². The van der Waals surface area contributed by atoms with Crippen LogP contribution in [0.5, 0.6) is 0 Å². The zero-order chi connectivity index (χ0) is 14.7. The first-order valence-electron chi connectivity index (χ1n) is 6.71. The molecule has 112 valence electrons. The van der Waals surface area contributed by atoms with Gasteiger partial charge in [0.15, 0.2) is 5.82 Å². The third-order valence-electron chi connectivity index (χ3n) is 3.38. The van der Waals surface area contributed by atoms with E-state index in [0.29, 0.717) is 6.61 Å². The summed E-state index contributed by atoms with van der Waals surface area (Å²) in [7, 11) is -3.66. The second-order valence-corrected chi connectivity index (χ2v) is 6.60. The van der Waals surface area contributed by atoms with Crippen molar-refractivity contribution < 1.29 is 13.2 Å². The van der Waals surface area contributed by atoms with Crippen LogP contribution < -0.4 is 4.72 Å². The Kier molecular flexibility index (Phi) is 3.89. The monoisotopic (exact) mass is 308 g/mol. The van der Waals surface area contributed by atoms with Crippen molar-refractivity contribution in [3.05, 3.63) is 36.3 Å². The molecule has 1 saturated heterocycles. The summed E-state index contributed by atoms with van der Waals surface area (Å²) in [5.74, 6) is 0.516. The van der Waals surface area contributed by atoms with Gasteiger partial charge in [0.25, 0.3) is 10.0 Å². The molecule has 0 aromatic carbocycles. The SMILES string of the molecule is O=S(=O)(Nc1cc(C2CCCOC2)[nH]n1)c1cccnc1. The topological polar surface area (TPSA) is 97.0 Å². The van der Waals surface area contributed by atoms with Gasteiger partial charge in [-0.15, -0.1) is 0 Å². The van der Waals surface area contributed by atoms with E-state index in [9.17, 15) is 8.42 Å². The number of aromatic nitrogens is 3. The lowest BCUT2D eigenvalue weighted by Crippen LogP contribution is -2.15. The molecule has 8 heteroatoms. The molecule has 3 rings (SSSR count). The minimum Gasteiger partial charge on any atom is -0.381 e. The maximum atomic E-state index is 12.2. The molecule has 7 nitrogen and oxygen atoms in total. The molecule has 2 N–H and O–H groups in total. The summed E-state index contributed by atoms with van der Waals surface area (Å²) < 4.78 is 32.2. The summed E-state index contributed by atoms with van der Waals surface area (Å²) in [5, 5.41) is 6.89. The Bertz CT molecular complexity index is 693. The molecule has 2 aromatic rings. The molecule has 2 aromatic heterocycles. The Labute approximate surface area is 122 Å². The average molecular weight is 308 g/mol. The van der Waals surface area contributed by atoms with Gasteiger partial charge in [0.2, 0.25) is 0 Å². The largest absolute Gasteiger partial charge is 0.381 e. The Morgan fingerprint density at radius 1 is 1.43 bits per heavy atom. The summed E-state index contributed by atoms with van der Waals surface area (Å²) in [6.45, 7) is 1.42. The number of hydrogen-bond acceptors (Lipinski definition) is 5. The molecule has 1 unspecified atom stereocenters. The quantitative estimate of drug-likeness (QED) is 0.892. The number of aromatic amines is 1. The lowest BCUT2D eigenvalue weighted by atomic mass is 9.99. The second-order valence-electron chi connectivity index (χ2n) is 4.92. The van der Waals surface area contributed by atoms with E-state index in [0.717, 1.165) is 25.1 Å². The van der Waals surface area contributed by atoms with Gasteiger partial charge in [-0.3, -0.25) is 14.8 Å². The number of H-pyrrole nitrogens is 1. The van der Waals surface area contributed by atoms with Crippen molar-refractivity contribution in [3.8, 4) is 0 Å². The van der Waals surface area contributed by atoms with E-state index in [1.165, 1.54) is 18.5 Å². The maximum Gasteiger partial charge on any atom is 0.264 e. The number of hydrogen-bond donors (Lipinski definition) is 2. The first-order valence-corrected chi connectivity index (χ1v) is 8.19. The van der Waals surface area contributed by atoms with E-state index in [1.807, 2.05) is 0 Å². The van der Waals surface area contributed by atoms with Crippen molar-refractivity contribution in [3.63, 3.8) is 0 Å². The molecule has 0 bridgehead atoms. The fourth-order valence-electron chi connectivity index (χ4n) is 2.29. The molecular weight excluding hydrogens is 292 g/mol. The van der Waals surface area contributed by atoms with Crippen LogP contribution in [0.1, 0.15) is 24.5 Å². The summed E-state index contributed by atoms with van der Waals surface area (Å²) in [4.78, 5) is 3.91. The van der Waals surface area contributed by atoms with E-state index in [-0.39, 0.29) is 16.6 Å². The highest BCUT2D eigenvalue weighted by molar-refractivity contribution is 7.92. The van der Waals surface area contributed by atoms with Crippen molar-refractivity contribution in [1.29, 1.82) is 0 Å². The van der Waals surface area contributed by atoms with Crippen LogP contribution in [0.3, 0.4) is 0 Å². The number of nitrogens with zero attached hydrogens (tertiary/aromatic N) is 2. The fraction of sp³-hybridized carbons (Fsp3) is 0.385. The zero-order valence-corrected chi connectivity index (χ0v) is 12.1. The number of nitrogens with one attached hydrogen (secondary N) is 2. The highest BCUT2D eigenvalue weighted by atomic mass is 32.2. The van der Waals surface area contributed by atoms with E-state index in [2.05, 4.69) is 19.9 Å². The Balaban J connectivity index is 1.75. The fourth-order valence-corrected chi connectivity index (χ4v) is 3.24. The van der Waals surface area contributed by atoms with Crippen molar-refractivity contribution in [2.75, 3.05) is 17.9 Å². The molecule has 21 heavy (non-hydrogen) atoms. The second kappa shape index (κ2) is 5.82. The number of ether oxygens (including phenoxy) is 1. The molecule has 0 amide bonds. The lowest BCUT2D eigenvalue weighted by molar-refractivity contribution is 0.0793. The number of sulfonamides is 1. The number of pyridine rings is 1. The van der Waals surface area contributed by atoms with Gasteiger partial charge in [0, 0.05) is 36.7 Å². The molecule has 0 spiro atoms. The van der Waals surface area contributed by atoms with Crippen LogP contribution >= 0.6 is 0 Å². The summed E-state index contributed by atoms with van der Waals surface area (Å²) in [6.07, 6.45) is 4.83.